The lowest BCUT2D eigenvalue weighted by Crippen LogP contribution is -2.39. The average molecular weight is 304 g/mol. The lowest BCUT2D eigenvalue weighted by atomic mass is 10.2. The van der Waals surface area contributed by atoms with E-state index in [9.17, 15) is 14.7 Å². The molecule has 2 heterocycles. The smallest absolute Gasteiger partial charge is 0.332 e. The van der Waals surface area contributed by atoms with E-state index in [4.69, 9.17) is 15.1 Å². The Morgan fingerprint density at radius 3 is 2.95 bits per heavy atom. The Labute approximate surface area is 138 Å². The van der Waals surface area contributed by atoms with Gasteiger partial charge in [-0.3, -0.25) is 13.9 Å². The molecule has 0 saturated heterocycles. The SMILES string of the molecule is [2H]c1c(C([2H])([2H])[2H])c2c(=O)n(CCCCC([2H])(O)C([2H])([2H])[2H])c(=O)n(C([2H])([2H])[2H])c2n1C. The molecule has 0 saturated carbocycles. The van der Waals surface area contributed by atoms with E-state index in [1.807, 2.05) is 0 Å². The van der Waals surface area contributed by atoms with Crippen LogP contribution in [0.4, 0.5) is 0 Å². The van der Waals surface area contributed by atoms with Crippen LogP contribution in [-0.2, 0) is 20.6 Å². The van der Waals surface area contributed by atoms with E-state index in [1.165, 1.54) is 7.05 Å². The van der Waals surface area contributed by atoms with Crippen LogP contribution >= 0.6 is 0 Å². The van der Waals surface area contributed by atoms with Gasteiger partial charge in [0, 0.05) is 39.1 Å². The number of unbranched alkanes of at least 4 members (excludes halogenated alkanes) is 1. The van der Waals surface area contributed by atoms with Crippen molar-refractivity contribution in [3.63, 3.8) is 0 Å². The minimum Gasteiger partial charge on any atom is -0.393 e. The fraction of sp³-hybridized carbons (Fsp3) is 0.600. The summed E-state index contributed by atoms with van der Waals surface area (Å²) < 4.78 is 84.8. The Morgan fingerprint density at radius 2 is 2.29 bits per heavy atom. The molecule has 1 unspecified atom stereocenters. The van der Waals surface area contributed by atoms with Crippen molar-refractivity contribution < 1.29 is 20.2 Å². The summed E-state index contributed by atoms with van der Waals surface area (Å²) in [5.41, 5.74) is -3.55. The second-order valence-electron chi connectivity index (χ2n) is 4.72. The average Bonchev–Trinajstić information content (AvgIpc) is 2.84. The number of rotatable bonds is 5. The normalized spacial score (nSPS) is 24.0. The fourth-order valence-electron chi connectivity index (χ4n) is 2.21. The topological polar surface area (TPSA) is 69.2 Å². The van der Waals surface area contributed by atoms with Crippen molar-refractivity contribution in [3.8, 4) is 0 Å². The van der Waals surface area contributed by atoms with Crippen LogP contribution in [0.5, 0.6) is 0 Å². The Hall–Kier alpha value is -1.82. The Bertz CT molecular complexity index is 1130. The molecular weight excluding hydrogens is 270 g/mol. The molecule has 1 N–H and O–H groups in total. The molecular formula is C15H23N3O3. The Morgan fingerprint density at radius 1 is 1.48 bits per heavy atom. The van der Waals surface area contributed by atoms with Crippen molar-refractivity contribution in [1.29, 1.82) is 0 Å². The highest BCUT2D eigenvalue weighted by molar-refractivity contribution is 5.79. The summed E-state index contributed by atoms with van der Waals surface area (Å²) in [5, 5.41) is 9.13. The zero-order chi connectivity index (χ0) is 25.0. The molecule has 2 aromatic heterocycles. The molecule has 0 bridgehead atoms. The van der Waals surface area contributed by atoms with Gasteiger partial charge in [0.15, 0.2) is 0 Å². The van der Waals surface area contributed by atoms with E-state index < -0.39 is 73.7 Å². The number of nitrogens with zero attached hydrogens (tertiary/aromatic N) is 3. The second kappa shape index (κ2) is 5.89. The first kappa shape index (κ1) is 6.52. The number of fused-ring (bicyclic) bond motifs is 1. The van der Waals surface area contributed by atoms with Gasteiger partial charge in [0.25, 0.3) is 5.56 Å². The molecule has 2 aromatic rings. The zero-order valence-electron chi connectivity index (χ0n) is 22.4. The van der Waals surface area contributed by atoms with Crippen molar-refractivity contribution in [3.05, 3.63) is 32.6 Å². The van der Waals surface area contributed by atoms with Crippen LogP contribution in [0.3, 0.4) is 0 Å². The van der Waals surface area contributed by atoms with Crippen LogP contribution in [0.15, 0.2) is 15.8 Å². The van der Waals surface area contributed by atoms with E-state index in [0.717, 1.165) is 4.57 Å². The first-order chi connectivity index (χ1) is 14.2. The maximum Gasteiger partial charge on any atom is 0.332 e. The van der Waals surface area contributed by atoms with E-state index in [-0.39, 0.29) is 17.4 Å². The highest BCUT2D eigenvalue weighted by Crippen LogP contribution is 2.14. The van der Waals surface area contributed by atoms with Gasteiger partial charge in [-0.05, 0) is 38.5 Å². The standard InChI is InChI=1S/C15H23N3O3/c1-10-9-16(3)13-12(10)14(20)18(15(21)17(13)4)8-6-5-7-11(2)19/h9,11,19H,5-8H2,1-4H3/i1D3,2D3,4D3,9D,11D. The quantitative estimate of drug-likeness (QED) is 0.834. The van der Waals surface area contributed by atoms with Gasteiger partial charge in [-0.2, -0.15) is 0 Å². The number of aromatic nitrogens is 3. The Kier molecular flexibility index (Phi) is 1.83. The van der Waals surface area contributed by atoms with Gasteiger partial charge in [-0.1, -0.05) is 0 Å². The monoisotopic (exact) mass is 304 g/mol. The maximum absolute atomic E-state index is 13.1. The van der Waals surface area contributed by atoms with Crippen molar-refractivity contribution >= 4 is 11.0 Å². The van der Waals surface area contributed by atoms with E-state index in [1.54, 1.807) is 0 Å². The van der Waals surface area contributed by atoms with Gasteiger partial charge in [-0.25, -0.2) is 4.79 Å². The molecule has 0 aliphatic rings. The molecule has 0 fully saturated rings. The van der Waals surface area contributed by atoms with Crippen LogP contribution in [0, 0.1) is 6.85 Å². The lowest BCUT2D eigenvalue weighted by molar-refractivity contribution is 0.180. The minimum atomic E-state index is -3.10. The van der Waals surface area contributed by atoms with Gasteiger partial charge in [0.2, 0.25) is 0 Å². The van der Waals surface area contributed by atoms with Crippen LogP contribution in [0.1, 0.15) is 46.8 Å². The van der Waals surface area contributed by atoms with Crippen molar-refractivity contribution in [1.82, 2.24) is 13.7 Å². The second-order valence-corrected chi connectivity index (χ2v) is 4.72. The summed E-state index contributed by atoms with van der Waals surface area (Å²) in [6, 6.07) is 0. The molecule has 0 amide bonds. The van der Waals surface area contributed by atoms with Gasteiger partial charge in [0.1, 0.15) is 5.65 Å². The van der Waals surface area contributed by atoms with Gasteiger partial charge in [0.05, 0.1) is 14.2 Å². The van der Waals surface area contributed by atoms with Crippen LogP contribution in [-0.4, -0.2) is 24.9 Å². The lowest BCUT2D eigenvalue weighted by Gasteiger charge is -2.10. The third kappa shape index (κ3) is 2.81. The fourth-order valence-corrected chi connectivity index (χ4v) is 2.21. The third-order valence-electron chi connectivity index (χ3n) is 3.21. The largest absolute Gasteiger partial charge is 0.393 e. The molecule has 6 heteroatoms. The van der Waals surface area contributed by atoms with Crippen molar-refractivity contribution in [2.45, 2.75) is 45.6 Å². The third-order valence-corrected chi connectivity index (χ3v) is 3.21. The molecule has 6 nitrogen and oxygen atoms in total. The summed E-state index contributed by atoms with van der Waals surface area (Å²) in [4.78, 5) is 26.0. The molecule has 1 atom stereocenters. The number of aryl methyl sites for hydroxylation is 3. The first-order valence-corrected chi connectivity index (χ1v) is 6.31. The maximum atomic E-state index is 13.1. The molecule has 116 valence electrons. The predicted molar refractivity (Wildman–Crippen MR) is 82.7 cm³/mol. The highest BCUT2D eigenvalue weighted by atomic mass is 16.3. The van der Waals surface area contributed by atoms with Crippen molar-refractivity contribution in [2.24, 2.45) is 14.0 Å². The molecule has 0 radical (unpaired) electrons. The zero-order valence-corrected chi connectivity index (χ0v) is 11.4. The molecule has 0 aliphatic carbocycles. The summed E-state index contributed by atoms with van der Waals surface area (Å²) >= 11 is 0. The minimum absolute atomic E-state index is 0.0808. The van der Waals surface area contributed by atoms with Gasteiger partial charge >= 0.3 is 5.69 Å². The molecule has 0 aliphatic heterocycles. The molecule has 0 spiro atoms. The highest BCUT2D eigenvalue weighted by Gasteiger charge is 2.15. The van der Waals surface area contributed by atoms with Crippen LogP contribution in [0.2, 0.25) is 0 Å². The van der Waals surface area contributed by atoms with Crippen LogP contribution in [0.25, 0.3) is 11.0 Å². The van der Waals surface area contributed by atoms with Crippen molar-refractivity contribution in [2.75, 3.05) is 0 Å². The molecule has 0 aromatic carbocycles. The van der Waals surface area contributed by atoms with E-state index in [2.05, 4.69) is 0 Å². The predicted octanol–water partition coefficient (Wildman–Crippen LogP) is 0.898. The number of aliphatic hydroxyl groups is 1. The number of hydrogen-bond donors (Lipinski definition) is 1. The molecule has 21 heavy (non-hydrogen) atoms. The van der Waals surface area contributed by atoms with E-state index >= 15 is 0 Å². The Balaban J connectivity index is 2.66. The summed E-state index contributed by atoms with van der Waals surface area (Å²) in [5.74, 6) is 0. The summed E-state index contributed by atoms with van der Waals surface area (Å²) in [6.45, 7) is -9.42. The summed E-state index contributed by atoms with van der Waals surface area (Å²) in [7, 11) is 1.18. The van der Waals surface area contributed by atoms with E-state index in [0.29, 0.717) is 4.57 Å². The van der Waals surface area contributed by atoms with Crippen LogP contribution < -0.4 is 11.2 Å². The van der Waals surface area contributed by atoms with Gasteiger partial charge < -0.3 is 9.67 Å². The first-order valence-electron chi connectivity index (χ1n) is 11.8. The summed E-state index contributed by atoms with van der Waals surface area (Å²) in [6.07, 6.45) is -4.06. The number of hydrogen-bond acceptors (Lipinski definition) is 3. The van der Waals surface area contributed by atoms with Gasteiger partial charge in [-0.15, -0.1) is 0 Å². The molecule has 2 rings (SSSR count).